The number of thiazole rings is 1. The first-order valence-electron chi connectivity index (χ1n) is 7.10. The van der Waals surface area contributed by atoms with Gasteiger partial charge in [-0.1, -0.05) is 0 Å². The summed E-state index contributed by atoms with van der Waals surface area (Å²) in [6.07, 6.45) is 3.46. The lowest BCUT2D eigenvalue weighted by Gasteiger charge is -2.02. The molecule has 0 amide bonds. The molecule has 0 saturated heterocycles. The van der Waals surface area contributed by atoms with Crippen molar-refractivity contribution in [3.63, 3.8) is 0 Å². The molecule has 1 aliphatic carbocycles. The zero-order valence-corrected chi connectivity index (χ0v) is 13.1. The standard InChI is InChI=1S/C14H24N2O3S/c1-17-7-8-19-6-5-14-16-12(10-18-2)13(20-14)9-15-11-3-4-11/h11,15H,3-10H2,1-2H3. The van der Waals surface area contributed by atoms with Crippen LogP contribution in [-0.4, -0.2) is 45.1 Å². The molecule has 1 aliphatic rings. The van der Waals surface area contributed by atoms with Crippen LogP contribution >= 0.6 is 11.3 Å². The summed E-state index contributed by atoms with van der Waals surface area (Å²) >= 11 is 1.77. The number of nitrogens with one attached hydrogen (secondary N) is 1. The molecular formula is C14H24N2O3S. The summed E-state index contributed by atoms with van der Waals surface area (Å²) in [4.78, 5) is 5.96. The third-order valence-electron chi connectivity index (χ3n) is 3.12. The van der Waals surface area contributed by atoms with E-state index in [1.54, 1.807) is 25.6 Å². The molecule has 0 atom stereocenters. The molecule has 5 nitrogen and oxygen atoms in total. The largest absolute Gasteiger partial charge is 0.382 e. The highest BCUT2D eigenvalue weighted by Crippen LogP contribution is 2.23. The first-order chi connectivity index (χ1) is 9.83. The van der Waals surface area contributed by atoms with Gasteiger partial charge in [0.1, 0.15) is 0 Å². The smallest absolute Gasteiger partial charge is 0.0955 e. The van der Waals surface area contributed by atoms with Gasteiger partial charge >= 0.3 is 0 Å². The van der Waals surface area contributed by atoms with Gasteiger partial charge in [-0.3, -0.25) is 0 Å². The summed E-state index contributed by atoms with van der Waals surface area (Å²) in [7, 11) is 3.39. The molecule has 114 valence electrons. The predicted octanol–water partition coefficient (Wildman–Crippen LogP) is 1.75. The maximum absolute atomic E-state index is 5.49. The number of ether oxygens (including phenoxy) is 3. The summed E-state index contributed by atoms with van der Waals surface area (Å²) in [5.41, 5.74) is 1.07. The lowest BCUT2D eigenvalue weighted by atomic mass is 10.3. The number of methoxy groups -OCH3 is 2. The van der Waals surface area contributed by atoms with E-state index >= 15 is 0 Å². The average Bonchev–Trinajstić information content (AvgIpc) is 3.20. The first kappa shape index (κ1) is 15.9. The van der Waals surface area contributed by atoms with Gasteiger partial charge in [0.15, 0.2) is 0 Å². The van der Waals surface area contributed by atoms with Crippen LogP contribution in [0.4, 0.5) is 0 Å². The molecule has 1 heterocycles. The maximum Gasteiger partial charge on any atom is 0.0955 e. The number of nitrogens with zero attached hydrogens (tertiary/aromatic N) is 1. The number of hydrogen-bond donors (Lipinski definition) is 1. The molecule has 2 rings (SSSR count). The van der Waals surface area contributed by atoms with Gasteiger partial charge in [0.25, 0.3) is 0 Å². The highest BCUT2D eigenvalue weighted by Gasteiger charge is 2.21. The summed E-state index contributed by atoms with van der Waals surface area (Å²) in [6, 6.07) is 0.716. The normalized spacial score (nSPS) is 14.9. The van der Waals surface area contributed by atoms with Crippen LogP contribution in [0.5, 0.6) is 0 Å². The Morgan fingerprint density at radius 1 is 1.20 bits per heavy atom. The van der Waals surface area contributed by atoms with Crippen molar-refractivity contribution >= 4 is 11.3 Å². The Hall–Kier alpha value is -0.530. The maximum atomic E-state index is 5.49. The molecule has 1 fully saturated rings. The fraction of sp³-hybridized carbons (Fsp3) is 0.786. The van der Waals surface area contributed by atoms with Crippen molar-refractivity contribution < 1.29 is 14.2 Å². The van der Waals surface area contributed by atoms with Crippen molar-refractivity contribution in [2.24, 2.45) is 0 Å². The molecule has 0 unspecified atom stereocenters. The summed E-state index contributed by atoms with van der Waals surface area (Å²) in [5, 5.41) is 4.66. The van der Waals surface area contributed by atoms with Crippen LogP contribution in [0.15, 0.2) is 0 Å². The number of aromatic nitrogens is 1. The molecule has 1 saturated carbocycles. The zero-order chi connectivity index (χ0) is 14.2. The summed E-state index contributed by atoms with van der Waals surface area (Å²) in [5.74, 6) is 0. The Balaban J connectivity index is 1.79. The highest BCUT2D eigenvalue weighted by atomic mass is 32.1. The lowest BCUT2D eigenvalue weighted by molar-refractivity contribution is 0.0722. The van der Waals surface area contributed by atoms with Crippen LogP contribution in [0.2, 0.25) is 0 Å². The number of rotatable bonds is 11. The van der Waals surface area contributed by atoms with Crippen molar-refractivity contribution in [3.05, 3.63) is 15.6 Å². The topological polar surface area (TPSA) is 52.6 Å². The molecule has 0 radical (unpaired) electrons. The molecule has 1 N–H and O–H groups in total. The second-order valence-corrected chi connectivity index (χ2v) is 6.09. The van der Waals surface area contributed by atoms with E-state index in [9.17, 15) is 0 Å². The fourth-order valence-electron chi connectivity index (χ4n) is 1.86. The van der Waals surface area contributed by atoms with E-state index in [-0.39, 0.29) is 0 Å². The lowest BCUT2D eigenvalue weighted by Crippen LogP contribution is -2.15. The quantitative estimate of drug-likeness (QED) is 0.631. The molecular weight excluding hydrogens is 276 g/mol. The summed E-state index contributed by atoms with van der Waals surface area (Å²) < 4.78 is 15.7. The zero-order valence-electron chi connectivity index (χ0n) is 12.3. The van der Waals surface area contributed by atoms with Gasteiger partial charge in [0, 0.05) is 38.1 Å². The third-order valence-corrected chi connectivity index (χ3v) is 4.28. The fourth-order valence-corrected chi connectivity index (χ4v) is 2.86. The Bertz CT molecular complexity index is 394. The van der Waals surface area contributed by atoms with E-state index in [0.717, 1.165) is 23.7 Å². The highest BCUT2D eigenvalue weighted by molar-refractivity contribution is 7.11. The van der Waals surface area contributed by atoms with Crippen LogP contribution in [-0.2, 0) is 33.8 Å². The Kier molecular flexibility index (Phi) is 6.89. The predicted molar refractivity (Wildman–Crippen MR) is 79.1 cm³/mol. The van der Waals surface area contributed by atoms with E-state index in [0.29, 0.717) is 32.5 Å². The monoisotopic (exact) mass is 300 g/mol. The van der Waals surface area contributed by atoms with Crippen LogP contribution in [0, 0.1) is 0 Å². The van der Waals surface area contributed by atoms with E-state index in [4.69, 9.17) is 14.2 Å². The Morgan fingerprint density at radius 3 is 2.75 bits per heavy atom. The minimum Gasteiger partial charge on any atom is -0.382 e. The Labute approximate surface area is 124 Å². The van der Waals surface area contributed by atoms with Gasteiger partial charge in [-0.2, -0.15) is 0 Å². The van der Waals surface area contributed by atoms with Gasteiger partial charge in [-0.05, 0) is 12.8 Å². The summed E-state index contributed by atoms with van der Waals surface area (Å²) in [6.45, 7) is 3.47. The number of hydrogen-bond acceptors (Lipinski definition) is 6. The van der Waals surface area contributed by atoms with Crippen LogP contribution < -0.4 is 5.32 Å². The minimum atomic E-state index is 0.586. The van der Waals surface area contributed by atoms with Crippen LogP contribution in [0.1, 0.15) is 28.4 Å². The van der Waals surface area contributed by atoms with E-state index in [2.05, 4.69) is 10.3 Å². The van der Waals surface area contributed by atoms with Crippen LogP contribution in [0.3, 0.4) is 0 Å². The Morgan fingerprint density at radius 2 is 2.05 bits per heavy atom. The van der Waals surface area contributed by atoms with Crippen molar-refractivity contribution in [3.8, 4) is 0 Å². The molecule has 0 bridgehead atoms. The van der Waals surface area contributed by atoms with Gasteiger partial charge in [0.2, 0.25) is 0 Å². The van der Waals surface area contributed by atoms with E-state index in [1.165, 1.54) is 17.7 Å². The third kappa shape index (κ3) is 5.46. The molecule has 20 heavy (non-hydrogen) atoms. The van der Waals surface area contributed by atoms with Gasteiger partial charge in [0.05, 0.1) is 37.1 Å². The molecule has 1 aromatic rings. The van der Waals surface area contributed by atoms with Gasteiger partial charge in [-0.15, -0.1) is 11.3 Å². The average molecular weight is 300 g/mol. The van der Waals surface area contributed by atoms with Crippen molar-refractivity contribution in [1.82, 2.24) is 10.3 Å². The molecule has 6 heteroatoms. The van der Waals surface area contributed by atoms with E-state index < -0.39 is 0 Å². The van der Waals surface area contributed by atoms with E-state index in [1.807, 2.05) is 0 Å². The second kappa shape index (κ2) is 8.69. The molecule has 0 aromatic carbocycles. The van der Waals surface area contributed by atoms with Crippen molar-refractivity contribution in [1.29, 1.82) is 0 Å². The first-order valence-corrected chi connectivity index (χ1v) is 7.91. The van der Waals surface area contributed by atoms with Crippen LogP contribution in [0.25, 0.3) is 0 Å². The molecule has 0 aliphatic heterocycles. The van der Waals surface area contributed by atoms with Crippen molar-refractivity contribution in [2.45, 2.75) is 38.5 Å². The minimum absolute atomic E-state index is 0.586. The second-order valence-electron chi connectivity index (χ2n) is 4.92. The van der Waals surface area contributed by atoms with Gasteiger partial charge in [-0.25, -0.2) is 4.98 Å². The SMILES string of the molecule is COCCOCCc1nc(COC)c(CNC2CC2)s1. The van der Waals surface area contributed by atoms with Gasteiger partial charge < -0.3 is 19.5 Å². The van der Waals surface area contributed by atoms with Crippen molar-refractivity contribution in [2.75, 3.05) is 34.0 Å². The molecule has 1 aromatic heterocycles. The molecule has 0 spiro atoms.